The molecule has 0 radical (unpaired) electrons. The third kappa shape index (κ3) is 6.26. The summed E-state index contributed by atoms with van der Waals surface area (Å²) >= 11 is 0. The van der Waals surface area contributed by atoms with Crippen molar-refractivity contribution in [3.63, 3.8) is 0 Å². The standard InChI is InChI=1S/C21H20N2O7/c1-3-29-18(24)11-12-19(25)30-20(15-7-5-4-6-8-15)21(26)22-16-10-9-14(2)13-17(16)23(27)28/h4-13,20H,3H2,1-2H3,(H,22,26)/b12-11+/t20-/m0/s1. The maximum absolute atomic E-state index is 12.8. The van der Waals surface area contributed by atoms with Crippen LogP contribution >= 0.6 is 0 Å². The van der Waals surface area contributed by atoms with Gasteiger partial charge >= 0.3 is 11.9 Å². The van der Waals surface area contributed by atoms with Gasteiger partial charge in [0.05, 0.1) is 11.5 Å². The van der Waals surface area contributed by atoms with Gasteiger partial charge in [-0.05, 0) is 25.5 Å². The van der Waals surface area contributed by atoms with E-state index in [0.717, 1.165) is 12.2 Å². The van der Waals surface area contributed by atoms with Crippen LogP contribution < -0.4 is 5.32 Å². The summed E-state index contributed by atoms with van der Waals surface area (Å²) in [6, 6.07) is 12.5. The van der Waals surface area contributed by atoms with Gasteiger partial charge in [-0.2, -0.15) is 0 Å². The zero-order valence-electron chi connectivity index (χ0n) is 16.4. The number of esters is 2. The van der Waals surface area contributed by atoms with E-state index in [-0.39, 0.29) is 18.0 Å². The van der Waals surface area contributed by atoms with Crippen LogP contribution in [-0.4, -0.2) is 29.4 Å². The number of nitro groups is 1. The summed E-state index contributed by atoms with van der Waals surface area (Å²) in [6.07, 6.45) is 0.332. The highest BCUT2D eigenvalue weighted by Crippen LogP contribution is 2.27. The summed E-state index contributed by atoms with van der Waals surface area (Å²) in [5.74, 6) is -2.47. The fourth-order valence-electron chi connectivity index (χ4n) is 2.48. The van der Waals surface area contributed by atoms with Gasteiger partial charge in [0.25, 0.3) is 11.6 Å². The first-order valence-electron chi connectivity index (χ1n) is 8.98. The molecule has 0 aromatic heterocycles. The van der Waals surface area contributed by atoms with E-state index in [4.69, 9.17) is 4.74 Å². The third-order valence-corrected chi connectivity index (χ3v) is 3.82. The molecule has 2 rings (SSSR count). The highest BCUT2D eigenvalue weighted by molar-refractivity contribution is 5.99. The number of nitrogens with zero attached hydrogens (tertiary/aromatic N) is 1. The number of aryl methyl sites for hydroxylation is 1. The maximum Gasteiger partial charge on any atom is 0.332 e. The van der Waals surface area contributed by atoms with Crippen LogP contribution in [0.15, 0.2) is 60.7 Å². The summed E-state index contributed by atoms with van der Waals surface area (Å²) in [6.45, 7) is 3.44. The summed E-state index contributed by atoms with van der Waals surface area (Å²) in [4.78, 5) is 47.0. The van der Waals surface area contributed by atoms with Crippen molar-refractivity contribution in [3.05, 3.63) is 81.9 Å². The van der Waals surface area contributed by atoms with Gasteiger partial charge in [0, 0.05) is 23.8 Å². The van der Waals surface area contributed by atoms with Crippen LogP contribution in [0.2, 0.25) is 0 Å². The van der Waals surface area contributed by atoms with E-state index in [1.807, 2.05) is 0 Å². The lowest BCUT2D eigenvalue weighted by molar-refractivity contribution is -0.384. The minimum absolute atomic E-state index is 0.0327. The minimum atomic E-state index is -1.40. The molecule has 2 aromatic carbocycles. The van der Waals surface area contributed by atoms with Crippen molar-refractivity contribution in [2.24, 2.45) is 0 Å². The van der Waals surface area contributed by atoms with Crippen molar-refractivity contribution >= 4 is 29.2 Å². The zero-order chi connectivity index (χ0) is 22.1. The van der Waals surface area contributed by atoms with Crippen molar-refractivity contribution in [1.82, 2.24) is 0 Å². The lowest BCUT2D eigenvalue weighted by atomic mass is 10.1. The van der Waals surface area contributed by atoms with Crippen molar-refractivity contribution in [1.29, 1.82) is 0 Å². The van der Waals surface area contributed by atoms with E-state index in [1.54, 1.807) is 50.2 Å². The molecule has 1 N–H and O–H groups in total. The molecular weight excluding hydrogens is 392 g/mol. The number of anilines is 1. The molecule has 0 aliphatic carbocycles. The molecule has 30 heavy (non-hydrogen) atoms. The normalized spacial score (nSPS) is 11.5. The maximum atomic E-state index is 12.8. The third-order valence-electron chi connectivity index (χ3n) is 3.82. The quantitative estimate of drug-likeness (QED) is 0.305. The van der Waals surface area contributed by atoms with Gasteiger partial charge in [0.2, 0.25) is 6.10 Å². The molecule has 0 aliphatic rings. The predicted octanol–water partition coefficient (Wildman–Crippen LogP) is 3.25. The molecule has 0 saturated heterocycles. The number of rotatable bonds is 8. The van der Waals surface area contributed by atoms with Gasteiger partial charge < -0.3 is 14.8 Å². The topological polar surface area (TPSA) is 125 Å². The fourth-order valence-corrected chi connectivity index (χ4v) is 2.48. The predicted molar refractivity (Wildman–Crippen MR) is 108 cm³/mol. The molecule has 0 bridgehead atoms. The molecule has 2 aromatic rings. The van der Waals surface area contributed by atoms with E-state index in [2.05, 4.69) is 10.1 Å². The number of ether oxygens (including phenoxy) is 2. The zero-order valence-corrected chi connectivity index (χ0v) is 16.4. The van der Waals surface area contributed by atoms with Gasteiger partial charge in [0.1, 0.15) is 5.69 Å². The Morgan fingerprint density at radius 2 is 1.77 bits per heavy atom. The second-order valence-corrected chi connectivity index (χ2v) is 6.08. The monoisotopic (exact) mass is 412 g/mol. The van der Waals surface area contributed by atoms with E-state index in [1.165, 1.54) is 12.1 Å². The first kappa shape index (κ1) is 22.3. The van der Waals surface area contributed by atoms with Crippen molar-refractivity contribution < 1.29 is 28.8 Å². The lowest BCUT2D eigenvalue weighted by Crippen LogP contribution is -2.25. The molecule has 156 valence electrons. The lowest BCUT2D eigenvalue weighted by Gasteiger charge is -2.17. The summed E-state index contributed by atoms with van der Waals surface area (Å²) < 4.78 is 9.88. The Labute approximate surface area is 172 Å². The molecule has 1 atom stereocenters. The van der Waals surface area contributed by atoms with Gasteiger partial charge in [-0.1, -0.05) is 36.4 Å². The van der Waals surface area contributed by atoms with Crippen LogP contribution in [0.25, 0.3) is 0 Å². The number of carbonyl (C=O) groups excluding carboxylic acids is 3. The summed E-state index contributed by atoms with van der Waals surface area (Å²) in [5, 5.41) is 13.7. The molecule has 1 amide bonds. The molecule has 0 aliphatic heterocycles. The molecule has 0 spiro atoms. The Morgan fingerprint density at radius 1 is 1.10 bits per heavy atom. The highest BCUT2D eigenvalue weighted by atomic mass is 16.6. The van der Waals surface area contributed by atoms with Gasteiger partial charge in [0.15, 0.2) is 0 Å². The second-order valence-electron chi connectivity index (χ2n) is 6.08. The summed E-state index contributed by atoms with van der Waals surface area (Å²) in [5.41, 5.74) is 0.677. The molecular formula is C21H20N2O7. The van der Waals surface area contributed by atoms with E-state index in [0.29, 0.717) is 11.1 Å². The van der Waals surface area contributed by atoms with Gasteiger partial charge in [-0.15, -0.1) is 0 Å². The van der Waals surface area contributed by atoms with Gasteiger partial charge in [-0.25, -0.2) is 9.59 Å². The van der Waals surface area contributed by atoms with Crippen LogP contribution in [0.4, 0.5) is 11.4 Å². The number of nitrogens with one attached hydrogen (secondary N) is 1. The van der Waals surface area contributed by atoms with E-state index >= 15 is 0 Å². The number of hydrogen-bond donors (Lipinski definition) is 1. The molecule has 0 saturated carbocycles. The Hall–Kier alpha value is -4.01. The minimum Gasteiger partial charge on any atom is -0.463 e. The number of amides is 1. The van der Waals surface area contributed by atoms with Crippen LogP contribution in [0.1, 0.15) is 24.2 Å². The van der Waals surface area contributed by atoms with Gasteiger partial charge in [-0.3, -0.25) is 14.9 Å². The second kappa shape index (κ2) is 10.5. The van der Waals surface area contributed by atoms with E-state index < -0.39 is 28.9 Å². The number of nitro benzene ring substituents is 1. The largest absolute Gasteiger partial charge is 0.463 e. The Balaban J connectivity index is 2.26. The molecule has 9 heteroatoms. The SMILES string of the molecule is CCOC(=O)/C=C/C(=O)O[C@H](C(=O)Nc1ccc(C)cc1[N+](=O)[O-])c1ccccc1. The van der Waals surface area contributed by atoms with Crippen LogP contribution in [0, 0.1) is 17.0 Å². The molecule has 9 nitrogen and oxygen atoms in total. The molecule has 0 heterocycles. The Morgan fingerprint density at radius 3 is 2.40 bits per heavy atom. The molecule has 0 fully saturated rings. The first-order valence-corrected chi connectivity index (χ1v) is 8.98. The van der Waals surface area contributed by atoms with Crippen LogP contribution in [0.5, 0.6) is 0 Å². The Bertz CT molecular complexity index is 971. The number of carbonyl (C=O) groups is 3. The van der Waals surface area contributed by atoms with Crippen LogP contribution in [0.3, 0.4) is 0 Å². The number of hydrogen-bond acceptors (Lipinski definition) is 7. The Kier molecular flexibility index (Phi) is 7.81. The molecule has 0 unspecified atom stereocenters. The van der Waals surface area contributed by atoms with Crippen molar-refractivity contribution in [2.75, 3.05) is 11.9 Å². The fraction of sp³-hybridized carbons (Fsp3) is 0.190. The van der Waals surface area contributed by atoms with E-state index in [9.17, 15) is 24.5 Å². The van der Waals surface area contributed by atoms with Crippen molar-refractivity contribution in [2.45, 2.75) is 20.0 Å². The van der Waals surface area contributed by atoms with Crippen LogP contribution in [-0.2, 0) is 23.9 Å². The first-order chi connectivity index (χ1) is 14.3. The number of benzene rings is 2. The smallest absolute Gasteiger partial charge is 0.332 e. The average Bonchev–Trinajstić information content (AvgIpc) is 2.72. The summed E-state index contributed by atoms with van der Waals surface area (Å²) in [7, 11) is 0. The van der Waals surface area contributed by atoms with Crippen molar-refractivity contribution in [3.8, 4) is 0 Å². The average molecular weight is 412 g/mol. The highest BCUT2D eigenvalue weighted by Gasteiger charge is 2.26.